The molecule has 0 aliphatic rings. The Morgan fingerprint density at radius 3 is 1.45 bits per heavy atom. The van der Waals surface area contributed by atoms with Crippen LogP contribution in [0.5, 0.6) is 0 Å². The van der Waals surface area contributed by atoms with E-state index < -0.39 is 0 Å². The number of hydrogen-bond acceptors (Lipinski definition) is 5. The van der Waals surface area contributed by atoms with Gasteiger partial charge in [-0.15, -0.1) is 0 Å². The van der Waals surface area contributed by atoms with E-state index in [1.165, 1.54) is 122 Å². The van der Waals surface area contributed by atoms with E-state index in [4.69, 9.17) is 9.47 Å². The standard InChI is InChI=1S/C37H73NO4/c1-4-7-10-12-13-20-27-34-41-36(39)30-23-16-14-18-25-32-38-33-26-19-15-17-24-31-37(40)42-35(28-21-9-6-3)29-22-11-8-5-2/h35,38H,4-34H2,1-3H3. The minimum absolute atomic E-state index is 0.0119. The minimum atomic E-state index is -0.0119. The normalized spacial score (nSPS) is 12.0. The SMILES string of the molecule is CCCCCCCCCOC(=O)CCCCCCCNCCCCCCCC(=O)OC(CCCCC)CCCCCC. The number of rotatable bonds is 34. The van der Waals surface area contributed by atoms with Crippen molar-refractivity contribution in [3.63, 3.8) is 0 Å². The third-order valence-corrected chi connectivity index (χ3v) is 8.29. The monoisotopic (exact) mass is 596 g/mol. The largest absolute Gasteiger partial charge is 0.466 e. The molecule has 42 heavy (non-hydrogen) atoms. The summed E-state index contributed by atoms with van der Waals surface area (Å²) in [6.45, 7) is 9.48. The number of unbranched alkanes of at least 4 members (excludes halogenated alkanes) is 19. The third kappa shape index (κ3) is 31.8. The van der Waals surface area contributed by atoms with Gasteiger partial charge >= 0.3 is 11.9 Å². The van der Waals surface area contributed by atoms with E-state index >= 15 is 0 Å². The summed E-state index contributed by atoms with van der Waals surface area (Å²) < 4.78 is 11.2. The van der Waals surface area contributed by atoms with Gasteiger partial charge in [-0.1, -0.05) is 130 Å². The van der Waals surface area contributed by atoms with Crippen LogP contribution >= 0.6 is 0 Å². The summed E-state index contributed by atoms with van der Waals surface area (Å²) in [7, 11) is 0. The van der Waals surface area contributed by atoms with E-state index in [0.717, 1.165) is 58.0 Å². The molecule has 0 aromatic heterocycles. The van der Waals surface area contributed by atoms with Crippen molar-refractivity contribution < 1.29 is 19.1 Å². The summed E-state index contributed by atoms with van der Waals surface area (Å²) >= 11 is 0. The molecule has 0 aliphatic heterocycles. The molecule has 0 saturated heterocycles. The van der Waals surface area contributed by atoms with Crippen molar-refractivity contribution in [3.8, 4) is 0 Å². The molecule has 0 saturated carbocycles. The summed E-state index contributed by atoms with van der Waals surface area (Å²) in [5, 5.41) is 3.57. The molecule has 5 heteroatoms. The fourth-order valence-corrected chi connectivity index (χ4v) is 5.47. The maximum Gasteiger partial charge on any atom is 0.306 e. The number of nitrogens with one attached hydrogen (secondary N) is 1. The molecule has 0 fully saturated rings. The predicted molar refractivity (Wildman–Crippen MR) is 180 cm³/mol. The number of hydrogen-bond donors (Lipinski definition) is 1. The first kappa shape index (κ1) is 40.9. The van der Waals surface area contributed by atoms with Crippen molar-refractivity contribution in [3.05, 3.63) is 0 Å². The molecule has 1 unspecified atom stereocenters. The van der Waals surface area contributed by atoms with Gasteiger partial charge in [-0.05, 0) is 70.9 Å². The van der Waals surface area contributed by atoms with Gasteiger partial charge in [0.25, 0.3) is 0 Å². The minimum Gasteiger partial charge on any atom is -0.466 e. The van der Waals surface area contributed by atoms with Gasteiger partial charge in [0.2, 0.25) is 0 Å². The quantitative estimate of drug-likeness (QED) is 0.0592. The molecule has 0 radical (unpaired) electrons. The summed E-state index contributed by atoms with van der Waals surface area (Å²) in [5.41, 5.74) is 0. The lowest BCUT2D eigenvalue weighted by Gasteiger charge is -2.18. The highest BCUT2D eigenvalue weighted by Crippen LogP contribution is 2.17. The highest BCUT2D eigenvalue weighted by atomic mass is 16.5. The molecule has 0 aromatic rings. The van der Waals surface area contributed by atoms with Crippen molar-refractivity contribution >= 4 is 11.9 Å². The smallest absolute Gasteiger partial charge is 0.306 e. The summed E-state index contributed by atoms with van der Waals surface area (Å²) in [6, 6.07) is 0. The molecule has 0 heterocycles. The van der Waals surface area contributed by atoms with Crippen LogP contribution in [0.3, 0.4) is 0 Å². The maximum absolute atomic E-state index is 12.4. The van der Waals surface area contributed by atoms with Crippen LogP contribution < -0.4 is 5.32 Å². The fraction of sp³-hybridized carbons (Fsp3) is 0.946. The highest BCUT2D eigenvalue weighted by molar-refractivity contribution is 5.69. The number of esters is 2. The van der Waals surface area contributed by atoms with Crippen LogP contribution in [0.25, 0.3) is 0 Å². The summed E-state index contributed by atoms with van der Waals surface area (Å²) in [6.07, 6.45) is 32.2. The van der Waals surface area contributed by atoms with Crippen LogP contribution in [0, 0.1) is 0 Å². The van der Waals surface area contributed by atoms with Crippen molar-refractivity contribution in [2.24, 2.45) is 0 Å². The second-order valence-electron chi connectivity index (χ2n) is 12.6. The summed E-state index contributed by atoms with van der Waals surface area (Å²) in [4.78, 5) is 24.2. The average molecular weight is 596 g/mol. The van der Waals surface area contributed by atoms with Gasteiger partial charge in [0.05, 0.1) is 6.61 Å². The molecule has 250 valence electrons. The number of carbonyl (C=O) groups is 2. The second-order valence-corrected chi connectivity index (χ2v) is 12.6. The molecular weight excluding hydrogens is 522 g/mol. The van der Waals surface area contributed by atoms with Crippen molar-refractivity contribution in [1.82, 2.24) is 5.32 Å². The van der Waals surface area contributed by atoms with E-state index in [0.29, 0.717) is 19.4 Å². The van der Waals surface area contributed by atoms with E-state index in [2.05, 4.69) is 26.1 Å². The molecule has 0 spiro atoms. The molecular formula is C37H73NO4. The van der Waals surface area contributed by atoms with Crippen LogP contribution in [0.4, 0.5) is 0 Å². The van der Waals surface area contributed by atoms with Gasteiger partial charge in [0.15, 0.2) is 0 Å². The van der Waals surface area contributed by atoms with E-state index in [1.54, 1.807) is 0 Å². The zero-order chi connectivity index (χ0) is 30.8. The van der Waals surface area contributed by atoms with Crippen molar-refractivity contribution in [2.45, 2.75) is 207 Å². The number of ether oxygens (including phenoxy) is 2. The van der Waals surface area contributed by atoms with Crippen molar-refractivity contribution in [1.29, 1.82) is 0 Å². The predicted octanol–water partition coefficient (Wildman–Crippen LogP) is 11.0. The van der Waals surface area contributed by atoms with Gasteiger partial charge in [-0.25, -0.2) is 0 Å². The Kier molecular flexibility index (Phi) is 33.5. The lowest BCUT2D eigenvalue weighted by Crippen LogP contribution is -2.18. The Hall–Kier alpha value is -1.10. The second kappa shape index (κ2) is 34.4. The lowest BCUT2D eigenvalue weighted by atomic mass is 10.0. The Bertz CT molecular complexity index is 568. The molecule has 1 N–H and O–H groups in total. The number of carbonyl (C=O) groups excluding carboxylic acids is 2. The Morgan fingerprint density at radius 2 is 0.881 bits per heavy atom. The van der Waals surface area contributed by atoms with E-state index in [-0.39, 0.29) is 18.0 Å². The van der Waals surface area contributed by atoms with Gasteiger partial charge in [-0.3, -0.25) is 9.59 Å². The fourth-order valence-electron chi connectivity index (χ4n) is 5.47. The molecule has 0 amide bonds. The summed E-state index contributed by atoms with van der Waals surface area (Å²) in [5.74, 6) is 0.00887. The first-order valence-corrected chi connectivity index (χ1v) is 18.7. The Morgan fingerprint density at radius 1 is 0.476 bits per heavy atom. The van der Waals surface area contributed by atoms with Crippen LogP contribution in [0.2, 0.25) is 0 Å². The zero-order valence-corrected chi connectivity index (χ0v) is 28.6. The highest BCUT2D eigenvalue weighted by Gasteiger charge is 2.14. The van der Waals surface area contributed by atoms with E-state index in [1.807, 2.05) is 0 Å². The Labute approximate surface area is 262 Å². The first-order valence-electron chi connectivity index (χ1n) is 18.7. The average Bonchev–Trinajstić information content (AvgIpc) is 2.98. The molecule has 5 nitrogen and oxygen atoms in total. The molecule has 0 bridgehead atoms. The molecule has 0 aromatic carbocycles. The lowest BCUT2D eigenvalue weighted by molar-refractivity contribution is -0.150. The van der Waals surface area contributed by atoms with Crippen LogP contribution in [0.15, 0.2) is 0 Å². The molecule has 0 rings (SSSR count). The van der Waals surface area contributed by atoms with Crippen molar-refractivity contribution in [2.75, 3.05) is 19.7 Å². The van der Waals surface area contributed by atoms with Gasteiger partial charge in [0, 0.05) is 12.8 Å². The zero-order valence-electron chi connectivity index (χ0n) is 28.6. The Balaban J connectivity index is 3.46. The molecule has 1 atom stereocenters. The topological polar surface area (TPSA) is 64.6 Å². The van der Waals surface area contributed by atoms with Crippen LogP contribution in [-0.2, 0) is 19.1 Å². The van der Waals surface area contributed by atoms with Gasteiger partial charge < -0.3 is 14.8 Å². The van der Waals surface area contributed by atoms with Gasteiger partial charge in [0.1, 0.15) is 6.10 Å². The maximum atomic E-state index is 12.4. The third-order valence-electron chi connectivity index (χ3n) is 8.29. The van der Waals surface area contributed by atoms with E-state index in [9.17, 15) is 9.59 Å². The van der Waals surface area contributed by atoms with Crippen LogP contribution in [-0.4, -0.2) is 37.7 Å². The van der Waals surface area contributed by atoms with Crippen LogP contribution in [0.1, 0.15) is 201 Å². The molecule has 0 aliphatic carbocycles. The van der Waals surface area contributed by atoms with Gasteiger partial charge in [-0.2, -0.15) is 0 Å². The first-order chi connectivity index (χ1) is 20.6.